The molecule has 0 unspecified atom stereocenters. The molecule has 0 bridgehead atoms. The maximum Gasteiger partial charge on any atom is 0.271 e. The largest absolute Gasteiger partial charge is 0.507 e. The zero-order chi connectivity index (χ0) is 19.2. The molecule has 0 aliphatic rings. The maximum absolute atomic E-state index is 12.2. The SMILES string of the molecule is Cn1cnnc1SCc1ccc(C(=O)NN=Cc2cc(Br)ccc2O)cc1. The fourth-order valence-corrected chi connectivity index (χ4v) is 3.38. The number of carbonyl (C=O) groups is 1. The third-order valence-corrected chi connectivity index (χ3v) is 5.21. The zero-order valence-corrected chi connectivity index (χ0v) is 16.7. The van der Waals surface area contributed by atoms with Crippen LogP contribution in [0.15, 0.2) is 63.5 Å². The topological polar surface area (TPSA) is 92.4 Å². The minimum atomic E-state index is -0.326. The minimum absolute atomic E-state index is 0.0842. The first kappa shape index (κ1) is 19.1. The number of rotatable bonds is 6. The van der Waals surface area contributed by atoms with E-state index < -0.39 is 0 Å². The molecule has 3 rings (SSSR count). The van der Waals surface area contributed by atoms with Gasteiger partial charge in [-0.3, -0.25) is 4.79 Å². The number of carbonyl (C=O) groups excluding carboxylic acids is 1. The lowest BCUT2D eigenvalue weighted by Crippen LogP contribution is -2.17. The third kappa shape index (κ3) is 5.18. The van der Waals surface area contributed by atoms with Gasteiger partial charge < -0.3 is 9.67 Å². The lowest BCUT2D eigenvalue weighted by atomic mass is 10.1. The van der Waals surface area contributed by atoms with Crippen LogP contribution in [0.4, 0.5) is 0 Å². The van der Waals surface area contributed by atoms with E-state index in [1.807, 2.05) is 23.7 Å². The van der Waals surface area contributed by atoms with Crippen LogP contribution >= 0.6 is 27.7 Å². The number of aromatic hydroxyl groups is 1. The summed E-state index contributed by atoms with van der Waals surface area (Å²) >= 11 is 4.89. The van der Waals surface area contributed by atoms with Crippen molar-refractivity contribution >= 4 is 39.8 Å². The Morgan fingerprint density at radius 1 is 1.33 bits per heavy atom. The van der Waals surface area contributed by atoms with Gasteiger partial charge in [0.15, 0.2) is 5.16 Å². The van der Waals surface area contributed by atoms with Gasteiger partial charge in [-0.1, -0.05) is 39.8 Å². The van der Waals surface area contributed by atoms with E-state index in [-0.39, 0.29) is 11.7 Å². The number of aryl methyl sites for hydroxylation is 1. The van der Waals surface area contributed by atoms with E-state index in [1.54, 1.807) is 48.4 Å². The Morgan fingerprint density at radius 2 is 2.11 bits per heavy atom. The van der Waals surface area contributed by atoms with E-state index in [9.17, 15) is 9.90 Å². The number of amides is 1. The molecule has 2 N–H and O–H groups in total. The Bertz CT molecular complexity index is 972. The van der Waals surface area contributed by atoms with Gasteiger partial charge >= 0.3 is 0 Å². The lowest BCUT2D eigenvalue weighted by Gasteiger charge is -2.04. The highest BCUT2D eigenvalue weighted by Gasteiger charge is 2.06. The highest BCUT2D eigenvalue weighted by atomic mass is 79.9. The second-order valence-corrected chi connectivity index (χ2v) is 7.47. The number of phenols is 1. The minimum Gasteiger partial charge on any atom is -0.507 e. The molecule has 1 aromatic heterocycles. The first-order valence-corrected chi connectivity index (χ1v) is 9.68. The van der Waals surface area contributed by atoms with E-state index in [0.717, 1.165) is 20.9 Å². The molecule has 0 atom stereocenters. The second-order valence-electron chi connectivity index (χ2n) is 5.61. The molecule has 0 saturated carbocycles. The number of hydrogen-bond donors (Lipinski definition) is 2. The van der Waals surface area contributed by atoms with Crippen LogP contribution in [0.3, 0.4) is 0 Å². The molecule has 9 heteroatoms. The molecule has 0 fully saturated rings. The Kier molecular flexibility index (Phi) is 6.25. The zero-order valence-electron chi connectivity index (χ0n) is 14.3. The van der Waals surface area contributed by atoms with Crippen LogP contribution in [-0.2, 0) is 12.8 Å². The Hall–Kier alpha value is -2.65. The van der Waals surface area contributed by atoms with Crippen molar-refractivity contribution in [3.05, 3.63) is 70.0 Å². The molecular weight excluding hydrogens is 430 g/mol. The van der Waals surface area contributed by atoms with Crippen LogP contribution in [0.5, 0.6) is 5.75 Å². The first-order valence-electron chi connectivity index (χ1n) is 7.90. The maximum atomic E-state index is 12.2. The fourth-order valence-electron chi connectivity index (χ4n) is 2.16. The number of phenolic OH excluding ortho intramolecular Hbond substituents is 1. The molecule has 0 saturated heterocycles. The Balaban J connectivity index is 1.56. The summed E-state index contributed by atoms with van der Waals surface area (Å²) in [5.41, 5.74) is 4.52. The van der Waals surface area contributed by atoms with Gasteiger partial charge in [0.2, 0.25) is 0 Å². The fraction of sp³-hybridized carbons (Fsp3) is 0.111. The van der Waals surface area contributed by atoms with Gasteiger partial charge in [0.25, 0.3) is 5.91 Å². The quantitative estimate of drug-likeness (QED) is 0.344. The van der Waals surface area contributed by atoms with Crippen molar-refractivity contribution in [2.24, 2.45) is 12.1 Å². The van der Waals surface area contributed by atoms with E-state index in [2.05, 4.69) is 36.7 Å². The summed E-state index contributed by atoms with van der Waals surface area (Å²) in [6.45, 7) is 0. The summed E-state index contributed by atoms with van der Waals surface area (Å²) < 4.78 is 2.66. The molecule has 1 amide bonds. The molecular formula is C18H16BrN5O2S. The van der Waals surface area contributed by atoms with E-state index >= 15 is 0 Å². The molecule has 2 aromatic carbocycles. The molecule has 7 nitrogen and oxygen atoms in total. The number of aromatic nitrogens is 3. The predicted molar refractivity (Wildman–Crippen MR) is 108 cm³/mol. The smallest absolute Gasteiger partial charge is 0.271 e. The van der Waals surface area contributed by atoms with Gasteiger partial charge in [0, 0.05) is 28.4 Å². The van der Waals surface area contributed by atoms with E-state index in [0.29, 0.717) is 11.1 Å². The standard InChI is InChI=1S/C18H16BrN5O2S/c1-24-11-21-23-18(24)27-10-12-2-4-13(5-3-12)17(26)22-20-9-14-8-15(19)6-7-16(14)25/h2-9,11,25H,10H2,1H3,(H,22,26). The molecule has 0 spiro atoms. The summed E-state index contributed by atoms with van der Waals surface area (Å²) in [6, 6.07) is 12.2. The molecule has 3 aromatic rings. The van der Waals surface area contributed by atoms with Crippen LogP contribution in [0.25, 0.3) is 0 Å². The van der Waals surface area contributed by atoms with Crippen molar-refractivity contribution in [3.63, 3.8) is 0 Å². The van der Waals surface area contributed by atoms with Crippen molar-refractivity contribution in [1.82, 2.24) is 20.2 Å². The number of nitrogens with one attached hydrogen (secondary N) is 1. The Morgan fingerprint density at radius 3 is 2.81 bits per heavy atom. The number of hydrogen-bond acceptors (Lipinski definition) is 6. The average molecular weight is 446 g/mol. The van der Waals surface area contributed by atoms with E-state index in [4.69, 9.17) is 0 Å². The van der Waals surface area contributed by atoms with Gasteiger partial charge in [-0.05, 0) is 35.9 Å². The van der Waals surface area contributed by atoms with Crippen LogP contribution in [0, 0.1) is 0 Å². The molecule has 1 heterocycles. The summed E-state index contributed by atoms with van der Waals surface area (Å²) in [6.07, 6.45) is 3.05. The number of nitrogens with zero attached hydrogens (tertiary/aromatic N) is 4. The third-order valence-electron chi connectivity index (χ3n) is 3.61. The Labute approximate surface area is 168 Å². The van der Waals surface area contributed by atoms with Crippen molar-refractivity contribution in [2.75, 3.05) is 0 Å². The molecule has 0 radical (unpaired) electrons. The van der Waals surface area contributed by atoms with E-state index in [1.165, 1.54) is 6.21 Å². The van der Waals surface area contributed by atoms with Crippen LogP contribution in [0.1, 0.15) is 21.5 Å². The highest BCUT2D eigenvalue weighted by molar-refractivity contribution is 9.10. The van der Waals surface area contributed by atoms with Gasteiger partial charge in [0.05, 0.1) is 6.21 Å². The summed E-state index contributed by atoms with van der Waals surface area (Å²) in [4.78, 5) is 12.2. The van der Waals surface area contributed by atoms with Gasteiger partial charge in [-0.25, -0.2) is 5.43 Å². The van der Waals surface area contributed by atoms with Crippen LogP contribution < -0.4 is 5.43 Å². The average Bonchev–Trinajstić information content (AvgIpc) is 3.08. The molecule has 138 valence electrons. The van der Waals surface area contributed by atoms with Crippen molar-refractivity contribution in [1.29, 1.82) is 0 Å². The van der Waals surface area contributed by atoms with Crippen molar-refractivity contribution in [3.8, 4) is 5.75 Å². The summed E-state index contributed by atoms with van der Waals surface area (Å²) in [7, 11) is 1.89. The van der Waals surface area contributed by atoms with Gasteiger partial charge in [-0.2, -0.15) is 5.10 Å². The molecule has 27 heavy (non-hydrogen) atoms. The molecule has 0 aliphatic heterocycles. The number of thioether (sulfide) groups is 1. The lowest BCUT2D eigenvalue weighted by molar-refractivity contribution is 0.0955. The number of benzene rings is 2. The van der Waals surface area contributed by atoms with Crippen molar-refractivity contribution in [2.45, 2.75) is 10.9 Å². The summed E-state index contributed by atoms with van der Waals surface area (Å²) in [5.74, 6) is 0.489. The van der Waals surface area contributed by atoms with Crippen LogP contribution in [0.2, 0.25) is 0 Å². The van der Waals surface area contributed by atoms with Crippen LogP contribution in [-0.4, -0.2) is 32.0 Å². The first-order chi connectivity index (χ1) is 13.0. The highest BCUT2D eigenvalue weighted by Crippen LogP contribution is 2.21. The normalized spacial score (nSPS) is 11.0. The summed E-state index contributed by atoms with van der Waals surface area (Å²) in [5, 5.41) is 22.3. The second kappa shape index (κ2) is 8.83. The predicted octanol–water partition coefficient (Wildman–Crippen LogP) is 3.34. The number of halogens is 1. The number of hydrazone groups is 1. The van der Waals surface area contributed by atoms with Gasteiger partial charge in [0.1, 0.15) is 12.1 Å². The van der Waals surface area contributed by atoms with Crippen molar-refractivity contribution < 1.29 is 9.90 Å². The monoisotopic (exact) mass is 445 g/mol. The molecule has 0 aliphatic carbocycles. The van der Waals surface area contributed by atoms with Gasteiger partial charge in [-0.15, -0.1) is 10.2 Å².